The normalized spacial score (nSPS) is 14.9. The van der Waals surface area contributed by atoms with Crippen LogP contribution in [-0.4, -0.2) is 16.3 Å². The molecule has 0 aliphatic heterocycles. The van der Waals surface area contributed by atoms with Gasteiger partial charge in [-0.25, -0.2) is 0 Å². The molecule has 1 aromatic rings. The Hall–Kier alpha value is -0.580. The summed E-state index contributed by atoms with van der Waals surface area (Å²) in [6, 6.07) is 4.65. The molecule has 4 heteroatoms. The van der Waals surface area contributed by atoms with Crippen molar-refractivity contribution in [1.82, 2.24) is 0 Å². The summed E-state index contributed by atoms with van der Waals surface area (Å²) in [6.45, 7) is 4.24. The number of phenolic OH excluding ortho intramolecular Hbond substituents is 1. The van der Waals surface area contributed by atoms with Gasteiger partial charge in [0.15, 0.2) is 0 Å². The summed E-state index contributed by atoms with van der Waals surface area (Å²) in [5.41, 5.74) is 6.82. The zero-order valence-corrected chi connectivity index (χ0v) is 11.8. The molecule has 0 heterocycles. The van der Waals surface area contributed by atoms with Gasteiger partial charge in [0.1, 0.15) is 5.75 Å². The number of phenols is 1. The fourth-order valence-corrected chi connectivity index (χ4v) is 2.03. The maximum atomic E-state index is 9.98. The van der Waals surface area contributed by atoms with Gasteiger partial charge in [-0.2, -0.15) is 0 Å². The molecule has 0 unspecified atom stereocenters. The Morgan fingerprint density at radius 1 is 1.29 bits per heavy atom. The number of hydrogen-bond acceptors (Lipinski definition) is 3. The highest BCUT2D eigenvalue weighted by atomic mass is 79.9. The van der Waals surface area contributed by atoms with Gasteiger partial charge >= 0.3 is 0 Å². The predicted molar refractivity (Wildman–Crippen MR) is 72.8 cm³/mol. The second-order valence-electron chi connectivity index (χ2n) is 4.78. The van der Waals surface area contributed by atoms with E-state index in [9.17, 15) is 10.2 Å². The molecular weight excluding hydrogens is 282 g/mol. The Bertz CT molecular complexity index is 368. The SMILES string of the molecule is CC(C)CC[C@H](O)[C@H](N)c1ccc(O)c(Br)c1. The maximum absolute atomic E-state index is 9.98. The summed E-state index contributed by atoms with van der Waals surface area (Å²) in [7, 11) is 0. The highest BCUT2D eigenvalue weighted by Crippen LogP contribution is 2.28. The van der Waals surface area contributed by atoms with Gasteiger partial charge in [0.05, 0.1) is 16.6 Å². The average Bonchev–Trinajstić information content (AvgIpc) is 2.28. The minimum atomic E-state index is -0.547. The van der Waals surface area contributed by atoms with Crippen LogP contribution in [0, 0.1) is 5.92 Å². The highest BCUT2D eigenvalue weighted by molar-refractivity contribution is 9.10. The van der Waals surface area contributed by atoms with Crippen molar-refractivity contribution < 1.29 is 10.2 Å². The third kappa shape index (κ3) is 4.30. The van der Waals surface area contributed by atoms with Crippen molar-refractivity contribution in [3.05, 3.63) is 28.2 Å². The molecule has 0 aromatic heterocycles. The van der Waals surface area contributed by atoms with Crippen LogP contribution in [0.25, 0.3) is 0 Å². The number of nitrogens with two attached hydrogens (primary N) is 1. The third-order valence-corrected chi connectivity index (χ3v) is 3.45. The Morgan fingerprint density at radius 2 is 1.94 bits per heavy atom. The van der Waals surface area contributed by atoms with Crippen molar-refractivity contribution >= 4 is 15.9 Å². The first-order chi connectivity index (χ1) is 7.91. The summed E-state index contributed by atoms with van der Waals surface area (Å²) in [5.74, 6) is 0.737. The second-order valence-corrected chi connectivity index (χ2v) is 5.63. The summed E-state index contributed by atoms with van der Waals surface area (Å²) in [5, 5.41) is 19.4. The van der Waals surface area contributed by atoms with E-state index in [2.05, 4.69) is 29.8 Å². The standard InChI is InChI=1S/C13H20BrNO2/c1-8(2)3-5-12(17)13(15)9-4-6-11(16)10(14)7-9/h4,6-8,12-13,16-17H,3,5,15H2,1-2H3/t12-,13+/m0/s1. The number of aromatic hydroxyl groups is 1. The second kappa shape index (κ2) is 6.38. The number of hydrogen-bond donors (Lipinski definition) is 3. The van der Waals surface area contributed by atoms with Crippen molar-refractivity contribution in [2.75, 3.05) is 0 Å². The summed E-state index contributed by atoms with van der Waals surface area (Å²) in [4.78, 5) is 0. The van der Waals surface area contributed by atoms with E-state index in [0.717, 1.165) is 12.0 Å². The lowest BCUT2D eigenvalue weighted by molar-refractivity contribution is 0.128. The van der Waals surface area contributed by atoms with Crippen molar-refractivity contribution in [2.24, 2.45) is 11.7 Å². The van der Waals surface area contributed by atoms with E-state index >= 15 is 0 Å². The van der Waals surface area contributed by atoms with Crippen molar-refractivity contribution in [1.29, 1.82) is 0 Å². The molecule has 96 valence electrons. The molecule has 2 atom stereocenters. The molecular formula is C13H20BrNO2. The summed E-state index contributed by atoms with van der Waals surface area (Å²) >= 11 is 3.24. The molecule has 1 aromatic carbocycles. The number of aliphatic hydroxyl groups excluding tert-OH is 1. The molecule has 17 heavy (non-hydrogen) atoms. The molecule has 4 N–H and O–H groups in total. The van der Waals surface area contributed by atoms with Crippen LogP contribution in [0.1, 0.15) is 38.3 Å². The van der Waals surface area contributed by atoms with Gasteiger partial charge in [0.25, 0.3) is 0 Å². The number of halogens is 1. The number of aliphatic hydroxyl groups is 1. The molecule has 0 radical (unpaired) electrons. The first-order valence-corrected chi connectivity index (χ1v) is 6.63. The smallest absolute Gasteiger partial charge is 0.129 e. The first-order valence-electron chi connectivity index (χ1n) is 5.84. The van der Waals surface area contributed by atoms with Crippen molar-refractivity contribution in [2.45, 2.75) is 38.8 Å². The van der Waals surface area contributed by atoms with Crippen LogP contribution in [-0.2, 0) is 0 Å². The van der Waals surface area contributed by atoms with Gasteiger partial charge < -0.3 is 15.9 Å². The van der Waals surface area contributed by atoms with Crippen LogP contribution in [0.3, 0.4) is 0 Å². The molecule has 3 nitrogen and oxygen atoms in total. The zero-order chi connectivity index (χ0) is 13.0. The van der Waals surface area contributed by atoms with Crippen LogP contribution in [0.5, 0.6) is 5.75 Å². The molecule has 0 bridgehead atoms. The Labute approximate surface area is 111 Å². The van der Waals surface area contributed by atoms with Crippen molar-refractivity contribution in [3.8, 4) is 5.75 Å². The third-order valence-electron chi connectivity index (χ3n) is 2.81. The van der Waals surface area contributed by atoms with Crippen LogP contribution in [0.2, 0.25) is 0 Å². The number of benzene rings is 1. The predicted octanol–water partition coefficient (Wildman–Crippen LogP) is 2.95. The van der Waals surface area contributed by atoms with E-state index in [1.165, 1.54) is 0 Å². The Kier molecular flexibility index (Phi) is 5.43. The molecule has 0 fully saturated rings. The molecule has 0 amide bonds. The van der Waals surface area contributed by atoms with Gasteiger partial charge in [-0.15, -0.1) is 0 Å². The van der Waals surface area contributed by atoms with E-state index in [4.69, 9.17) is 5.73 Å². The van der Waals surface area contributed by atoms with Gasteiger partial charge in [0, 0.05) is 0 Å². The van der Waals surface area contributed by atoms with Crippen LogP contribution in [0.4, 0.5) is 0 Å². The van der Waals surface area contributed by atoms with E-state index in [0.29, 0.717) is 16.8 Å². The van der Waals surface area contributed by atoms with E-state index in [-0.39, 0.29) is 5.75 Å². The van der Waals surface area contributed by atoms with E-state index < -0.39 is 12.1 Å². The zero-order valence-electron chi connectivity index (χ0n) is 10.2. The first kappa shape index (κ1) is 14.5. The lowest BCUT2D eigenvalue weighted by Crippen LogP contribution is -2.26. The molecule has 0 aliphatic rings. The van der Waals surface area contributed by atoms with Gasteiger partial charge in [-0.3, -0.25) is 0 Å². The lowest BCUT2D eigenvalue weighted by Gasteiger charge is -2.20. The lowest BCUT2D eigenvalue weighted by atomic mass is 9.96. The van der Waals surface area contributed by atoms with Crippen LogP contribution < -0.4 is 5.73 Å². The average molecular weight is 302 g/mol. The minimum absolute atomic E-state index is 0.178. The van der Waals surface area contributed by atoms with E-state index in [1.54, 1.807) is 18.2 Å². The van der Waals surface area contributed by atoms with Crippen molar-refractivity contribution in [3.63, 3.8) is 0 Å². The number of rotatable bonds is 5. The van der Waals surface area contributed by atoms with Crippen LogP contribution in [0.15, 0.2) is 22.7 Å². The monoisotopic (exact) mass is 301 g/mol. The molecule has 0 aliphatic carbocycles. The van der Waals surface area contributed by atoms with Crippen LogP contribution >= 0.6 is 15.9 Å². The topological polar surface area (TPSA) is 66.5 Å². The maximum Gasteiger partial charge on any atom is 0.129 e. The fraction of sp³-hybridized carbons (Fsp3) is 0.538. The van der Waals surface area contributed by atoms with Gasteiger partial charge in [-0.1, -0.05) is 19.9 Å². The molecule has 0 saturated heterocycles. The largest absolute Gasteiger partial charge is 0.507 e. The quantitative estimate of drug-likeness (QED) is 0.783. The highest BCUT2D eigenvalue weighted by Gasteiger charge is 2.17. The Morgan fingerprint density at radius 3 is 2.47 bits per heavy atom. The molecule has 1 rings (SSSR count). The minimum Gasteiger partial charge on any atom is -0.507 e. The Balaban J connectivity index is 2.67. The van der Waals surface area contributed by atoms with E-state index in [1.807, 2.05) is 0 Å². The summed E-state index contributed by atoms with van der Waals surface area (Å²) < 4.78 is 0.599. The molecule has 0 spiro atoms. The molecule has 0 saturated carbocycles. The summed E-state index contributed by atoms with van der Waals surface area (Å²) in [6.07, 6.45) is 1.10. The fourth-order valence-electron chi connectivity index (χ4n) is 1.64. The van der Waals surface area contributed by atoms with Gasteiger partial charge in [0.2, 0.25) is 0 Å². The van der Waals surface area contributed by atoms with Gasteiger partial charge in [-0.05, 0) is 52.4 Å².